The zero-order valence-electron chi connectivity index (χ0n) is 23.7. The predicted octanol–water partition coefficient (Wildman–Crippen LogP) is 5.42. The Morgan fingerprint density at radius 3 is 2.21 bits per heavy atom. The molecule has 9 heteroatoms. The van der Waals surface area contributed by atoms with E-state index in [0.717, 1.165) is 55.8 Å². The first-order valence-electron chi connectivity index (χ1n) is 14.5. The second-order valence-corrected chi connectivity index (χ2v) is 13.5. The number of likely N-dealkylation sites (tertiary alicyclic amines) is 2. The van der Waals surface area contributed by atoms with Crippen LogP contribution in [0.3, 0.4) is 0 Å². The molecule has 0 bridgehead atoms. The van der Waals surface area contributed by atoms with Gasteiger partial charge in [-0.3, -0.25) is 9.69 Å². The van der Waals surface area contributed by atoms with Gasteiger partial charge in [-0.15, -0.1) is 0 Å². The van der Waals surface area contributed by atoms with Crippen molar-refractivity contribution in [3.05, 3.63) is 113 Å². The van der Waals surface area contributed by atoms with Gasteiger partial charge in [0.1, 0.15) is 5.82 Å². The summed E-state index contributed by atoms with van der Waals surface area (Å²) in [5.41, 5.74) is 4.58. The van der Waals surface area contributed by atoms with Crippen LogP contribution in [0.25, 0.3) is 5.69 Å². The first-order valence-corrected chi connectivity index (χ1v) is 16.3. The molecule has 1 aromatic heterocycles. The minimum absolute atomic E-state index is 0.00480. The van der Waals surface area contributed by atoms with E-state index in [1.165, 1.54) is 24.0 Å². The topological polar surface area (TPSA) is 75.5 Å². The molecule has 4 aromatic rings. The van der Waals surface area contributed by atoms with Crippen molar-refractivity contribution in [1.82, 2.24) is 19.6 Å². The molecule has 0 unspecified atom stereocenters. The zero-order valence-corrected chi connectivity index (χ0v) is 24.5. The number of amides is 1. The molecule has 0 radical (unpaired) electrons. The Bertz CT molecular complexity index is 1650. The summed E-state index contributed by atoms with van der Waals surface area (Å²) in [5.74, 6) is 0.129. The summed E-state index contributed by atoms with van der Waals surface area (Å²) < 4.78 is 39.2. The zero-order chi connectivity index (χ0) is 29.3. The molecule has 0 saturated carbocycles. The van der Waals surface area contributed by atoms with Crippen molar-refractivity contribution < 1.29 is 17.6 Å². The molecule has 7 nitrogen and oxygen atoms in total. The monoisotopic (exact) mass is 586 g/mol. The smallest absolute Gasteiger partial charge is 0.257 e. The van der Waals surface area contributed by atoms with Gasteiger partial charge in [-0.2, -0.15) is 5.10 Å². The van der Waals surface area contributed by atoms with Crippen LogP contribution >= 0.6 is 0 Å². The van der Waals surface area contributed by atoms with Crippen LogP contribution in [0, 0.1) is 5.82 Å². The first-order chi connectivity index (χ1) is 20.3. The van der Waals surface area contributed by atoms with E-state index < -0.39 is 9.84 Å². The van der Waals surface area contributed by atoms with Crippen LogP contribution in [-0.2, 0) is 16.4 Å². The van der Waals surface area contributed by atoms with E-state index >= 15 is 0 Å². The number of hydrogen-bond donors (Lipinski definition) is 0. The molecular weight excluding hydrogens is 551 g/mol. The van der Waals surface area contributed by atoms with E-state index in [9.17, 15) is 17.6 Å². The van der Waals surface area contributed by atoms with Gasteiger partial charge in [0.05, 0.1) is 28.0 Å². The highest BCUT2D eigenvalue weighted by atomic mass is 32.2. The van der Waals surface area contributed by atoms with Gasteiger partial charge in [0, 0.05) is 37.7 Å². The standard InChI is InChI=1S/C33H35FN4O3S/c1-42(40,41)30-13-7-24(8-14-30)22-36-18-15-26(16-19-36)32-31(21-35-38(32)29-11-9-28(34)10-12-29)33(39)37-20-17-27(23-37)25-5-3-2-4-6-25/h2-14,21,26-27H,15-20,22-23H2,1H3/t27-/m0/s1. The molecule has 2 saturated heterocycles. The number of halogens is 1. The van der Waals surface area contributed by atoms with Crippen LogP contribution < -0.4 is 0 Å². The summed E-state index contributed by atoms with van der Waals surface area (Å²) in [4.78, 5) is 18.6. The van der Waals surface area contributed by atoms with Gasteiger partial charge in [-0.05, 0) is 79.9 Å². The minimum atomic E-state index is -3.22. The molecule has 0 spiro atoms. The fraction of sp³-hybridized carbons (Fsp3) is 0.333. The van der Waals surface area contributed by atoms with Crippen LogP contribution in [0.5, 0.6) is 0 Å². The Kier molecular flexibility index (Phi) is 7.96. The van der Waals surface area contributed by atoms with Gasteiger partial charge in [-0.25, -0.2) is 17.5 Å². The number of aromatic nitrogens is 2. The molecule has 1 amide bonds. The van der Waals surface area contributed by atoms with Crippen molar-refractivity contribution >= 4 is 15.7 Å². The fourth-order valence-corrected chi connectivity index (χ4v) is 6.91. The van der Waals surface area contributed by atoms with Crippen LogP contribution in [0.4, 0.5) is 4.39 Å². The molecule has 6 rings (SSSR count). The molecule has 0 N–H and O–H groups in total. The fourth-order valence-electron chi connectivity index (χ4n) is 6.28. The highest BCUT2D eigenvalue weighted by Crippen LogP contribution is 2.35. The molecule has 2 aliphatic heterocycles. The van der Waals surface area contributed by atoms with Crippen molar-refractivity contribution in [2.24, 2.45) is 0 Å². The SMILES string of the molecule is CS(=O)(=O)c1ccc(CN2CCC(c3c(C(=O)N4CC[C@H](c5ccccc5)C4)cnn3-c3ccc(F)cc3)CC2)cc1. The maximum Gasteiger partial charge on any atom is 0.257 e. The van der Waals surface area contributed by atoms with Crippen LogP contribution in [0.1, 0.15) is 58.3 Å². The normalized spacial score (nSPS) is 18.4. The van der Waals surface area contributed by atoms with Crippen molar-refractivity contribution in [1.29, 1.82) is 0 Å². The molecule has 3 aromatic carbocycles. The van der Waals surface area contributed by atoms with Crippen molar-refractivity contribution in [3.8, 4) is 5.69 Å². The average Bonchev–Trinajstić information content (AvgIpc) is 3.67. The molecule has 0 aliphatic carbocycles. The molecule has 2 fully saturated rings. The summed E-state index contributed by atoms with van der Waals surface area (Å²) in [7, 11) is -3.22. The van der Waals surface area contributed by atoms with Gasteiger partial charge in [0.15, 0.2) is 9.84 Å². The number of rotatable bonds is 7. The number of nitrogens with zero attached hydrogens (tertiary/aromatic N) is 4. The summed E-state index contributed by atoms with van der Waals surface area (Å²) >= 11 is 0. The van der Waals surface area contributed by atoms with E-state index in [4.69, 9.17) is 0 Å². The lowest BCUT2D eigenvalue weighted by Gasteiger charge is -2.33. The molecule has 2 aliphatic rings. The van der Waals surface area contributed by atoms with Gasteiger partial charge in [0.2, 0.25) is 0 Å². The second kappa shape index (κ2) is 11.8. The summed E-state index contributed by atoms with van der Waals surface area (Å²) in [5, 5.41) is 4.66. The lowest BCUT2D eigenvalue weighted by atomic mass is 9.90. The number of hydrogen-bond acceptors (Lipinski definition) is 5. The number of carbonyl (C=O) groups excluding carboxylic acids is 1. The van der Waals surface area contributed by atoms with Crippen LogP contribution in [-0.4, -0.2) is 66.3 Å². The van der Waals surface area contributed by atoms with E-state index in [1.807, 2.05) is 39.9 Å². The summed E-state index contributed by atoms with van der Waals surface area (Å²) in [6, 6.07) is 23.7. The molecule has 3 heterocycles. The van der Waals surface area contributed by atoms with Crippen molar-refractivity contribution in [2.45, 2.75) is 42.5 Å². The Morgan fingerprint density at radius 2 is 1.55 bits per heavy atom. The number of piperidine rings is 1. The van der Waals surface area contributed by atoms with Crippen molar-refractivity contribution in [2.75, 3.05) is 32.4 Å². The van der Waals surface area contributed by atoms with Gasteiger partial charge >= 0.3 is 0 Å². The maximum absolute atomic E-state index is 13.9. The van der Waals surface area contributed by atoms with E-state index in [-0.39, 0.29) is 17.6 Å². The third kappa shape index (κ3) is 6.03. The highest BCUT2D eigenvalue weighted by molar-refractivity contribution is 7.90. The first kappa shape index (κ1) is 28.3. The maximum atomic E-state index is 13.9. The second-order valence-electron chi connectivity index (χ2n) is 11.4. The highest BCUT2D eigenvalue weighted by Gasteiger charge is 2.34. The molecular formula is C33H35FN4O3S. The number of sulfone groups is 1. The van der Waals surface area contributed by atoms with E-state index in [1.54, 1.807) is 30.5 Å². The summed E-state index contributed by atoms with van der Waals surface area (Å²) in [6.45, 7) is 3.78. The summed E-state index contributed by atoms with van der Waals surface area (Å²) in [6.07, 6.45) is 5.53. The largest absolute Gasteiger partial charge is 0.338 e. The number of benzene rings is 3. The van der Waals surface area contributed by atoms with Crippen molar-refractivity contribution in [3.63, 3.8) is 0 Å². The Morgan fingerprint density at radius 1 is 0.881 bits per heavy atom. The Balaban J connectivity index is 1.21. The lowest BCUT2D eigenvalue weighted by molar-refractivity contribution is 0.0788. The van der Waals surface area contributed by atoms with Gasteiger partial charge < -0.3 is 4.90 Å². The van der Waals surface area contributed by atoms with E-state index in [2.05, 4.69) is 22.1 Å². The minimum Gasteiger partial charge on any atom is -0.338 e. The molecule has 1 atom stereocenters. The van der Waals surface area contributed by atoms with Gasteiger partial charge in [-0.1, -0.05) is 42.5 Å². The van der Waals surface area contributed by atoms with E-state index in [0.29, 0.717) is 29.5 Å². The van der Waals surface area contributed by atoms with Crippen LogP contribution in [0.2, 0.25) is 0 Å². The molecule has 42 heavy (non-hydrogen) atoms. The third-order valence-electron chi connectivity index (χ3n) is 8.59. The number of carbonyl (C=O) groups is 1. The Labute approximate surface area is 246 Å². The third-order valence-corrected chi connectivity index (χ3v) is 9.71. The Hall–Kier alpha value is -3.82. The quantitative estimate of drug-likeness (QED) is 0.289. The average molecular weight is 587 g/mol. The predicted molar refractivity (Wildman–Crippen MR) is 160 cm³/mol. The lowest BCUT2D eigenvalue weighted by Crippen LogP contribution is -2.34. The van der Waals surface area contributed by atoms with Gasteiger partial charge in [0.25, 0.3) is 5.91 Å². The van der Waals surface area contributed by atoms with Crippen LogP contribution in [0.15, 0.2) is 90.0 Å². The molecule has 218 valence electrons.